The van der Waals surface area contributed by atoms with Gasteiger partial charge in [-0.15, -0.1) is 0 Å². The quantitative estimate of drug-likeness (QED) is 0.244. The largest absolute Gasteiger partial charge is 0.293 e. The zero-order valence-electron chi connectivity index (χ0n) is 15.5. The fraction of sp³-hybridized carbons (Fsp3) is 0.136. The number of ketones is 1. The molecule has 0 aliphatic rings. The van der Waals surface area contributed by atoms with Crippen LogP contribution in [0.25, 0.3) is 16.8 Å². The van der Waals surface area contributed by atoms with Crippen molar-refractivity contribution in [3.63, 3.8) is 0 Å². The summed E-state index contributed by atoms with van der Waals surface area (Å²) in [5.74, 6) is 0.438. The van der Waals surface area contributed by atoms with Gasteiger partial charge in [0, 0.05) is 21.8 Å². The van der Waals surface area contributed by atoms with Gasteiger partial charge in [0.25, 0.3) is 0 Å². The summed E-state index contributed by atoms with van der Waals surface area (Å²) in [6.45, 7) is 3.93. The van der Waals surface area contributed by atoms with Crippen LogP contribution in [0.1, 0.15) is 21.7 Å². The van der Waals surface area contributed by atoms with Crippen LogP contribution in [0.4, 0.5) is 0 Å². The van der Waals surface area contributed by atoms with Crippen molar-refractivity contribution in [3.8, 4) is 11.1 Å². The van der Waals surface area contributed by atoms with Crippen LogP contribution >= 0.6 is 23.4 Å². The van der Waals surface area contributed by atoms with E-state index in [0.29, 0.717) is 10.8 Å². The molecular weight excluding hydrogens is 390 g/mol. The summed E-state index contributed by atoms with van der Waals surface area (Å²) in [5.41, 5.74) is 5.28. The lowest BCUT2D eigenvalue weighted by molar-refractivity contribution is 0.102. The van der Waals surface area contributed by atoms with Crippen molar-refractivity contribution in [1.29, 1.82) is 0 Å². The second-order valence-electron chi connectivity index (χ2n) is 6.52. The van der Waals surface area contributed by atoms with Crippen LogP contribution in [-0.2, 0) is 0 Å². The van der Waals surface area contributed by atoms with Crippen molar-refractivity contribution in [2.75, 3.05) is 5.75 Å². The molecular formula is C22H18ClN3OS. The summed E-state index contributed by atoms with van der Waals surface area (Å²) >= 11 is 7.51. The van der Waals surface area contributed by atoms with E-state index in [9.17, 15) is 4.79 Å². The first-order valence-corrected chi connectivity index (χ1v) is 10.2. The molecule has 0 aliphatic carbocycles. The minimum absolute atomic E-state index is 0.0926. The van der Waals surface area contributed by atoms with E-state index < -0.39 is 0 Å². The van der Waals surface area contributed by atoms with Crippen molar-refractivity contribution in [2.45, 2.75) is 18.9 Å². The maximum absolute atomic E-state index is 12.5. The Balaban J connectivity index is 1.71. The average molecular weight is 408 g/mol. The van der Waals surface area contributed by atoms with Gasteiger partial charge in [0.2, 0.25) is 0 Å². The van der Waals surface area contributed by atoms with Crippen LogP contribution in [0, 0.1) is 13.8 Å². The Kier molecular flexibility index (Phi) is 5.20. The highest BCUT2D eigenvalue weighted by molar-refractivity contribution is 7.99. The van der Waals surface area contributed by atoms with E-state index in [1.807, 2.05) is 79.0 Å². The van der Waals surface area contributed by atoms with Crippen LogP contribution < -0.4 is 0 Å². The van der Waals surface area contributed by atoms with Gasteiger partial charge in [0.05, 0.1) is 11.4 Å². The average Bonchev–Trinajstić information content (AvgIpc) is 3.03. The highest BCUT2D eigenvalue weighted by Gasteiger charge is 2.17. The van der Waals surface area contributed by atoms with Gasteiger partial charge in [0.15, 0.2) is 11.4 Å². The molecule has 4 aromatic rings. The number of halogens is 1. The first-order valence-electron chi connectivity index (χ1n) is 8.87. The maximum Gasteiger partial charge on any atom is 0.173 e. The molecule has 0 aliphatic heterocycles. The number of fused-ring (bicyclic) bond motifs is 1. The molecule has 140 valence electrons. The van der Waals surface area contributed by atoms with Gasteiger partial charge in [-0.05, 0) is 37.6 Å². The number of hydrogen-bond donors (Lipinski definition) is 0. The second-order valence-corrected chi connectivity index (χ2v) is 7.95. The van der Waals surface area contributed by atoms with Crippen molar-refractivity contribution in [1.82, 2.24) is 14.6 Å². The van der Waals surface area contributed by atoms with Gasteiger partial charge in [-0.25, -0.2) is 9.50 Å². The maximum atomic E-state index is 12.5. The third-order valence-electron chi connectivity index (χ3n) is 4.44. The van der Waals surface area contributed by atoms with E-state index in [-0.39, 0.29) is 5.78 Å². The summed E-state index contributed by atoms with van der Waals surface area (Å²) in [7, 11) is 0. The summed E-state index contributed by atoms with van der Waals surface area (Å²) < 4.78 is 1.83. The predicted octanol–water partition coefficient (Wildman–Crippen LogP) is 5.64. The molecule has 0 fully saturated rings. The topological polar surface area (TPSA) is 47.3 Å². The molecule has 0 unspecified atom stereocenters. The van der Waals surface area contributed by atoms with E-state index in [1.54, 1.807) is 0 Å². The van der Waals surface area contributed by atoms with E-state index in [0.717, 1.165) is 38.8 Å². The first kappa shape index (κ1) is 18.7. The molecule has 0 radical (unpaired) electrons. The Morgan fingerprint density at radius 3 is 2.50 bits per heavy atom. The number of hydrogen-bond acceptors (Lipinski definition) is 4. The van der Waals surface area contributed by atoms with E-state index >= 15 is 0 Å². The Labute approximate surface area is 172 Å². The first-order chi connectivity index (χ1) is 13.5. The van der Waals surface area contributed by atoms with Gasteiger partial charge in [-0.3, -0.25) is 4.79 Å². The molecule has 0 atom stereocenters. The Hall–Kier alpha value is -2.63. The lowest BCUT2D eigenvalue weighted by Gasteiger charge is -2.07. The molecule has 0 amide bonds. The van der Waals surface area contributed by atoms with E-state index in [1.165, 1.54) is 11.8 Å². The van der Waals surface area contributed by atoms with Crippen LogP contribution in [0.3, 0.4) is 0 Å². The third-order valence-corrected chi connectivity index (χ3v) is 5.68. The number of aromatic nitrogens is 3. The van der Waals surface area contributed by atoms with Crippen molar-refractivity contribution < 1.29 is 4.79 Å². The molecule has 6 heteroatoms. The summed E-state index contributed by atoms with van der Waals surface area (Å²) in [5, 5.41) is 6.28. The molecule has 2 heterocycles. The van der Waals surface area contributed by atoms with Crippen molar-refractivity contribution >= 4 is 34.8 Å². The SMILES string of the molecule is Cc1cc(SCC(=O)c2ccccc2)n2nc(C)c(-c3ccc(Cl)cc3)c2n1. The molecule has 2 aromatic carbocycles. The van der Waals surface area contributed by atoms with E-state index in [4.69, 9.17) is 21.7 Å². The highest BCUT2D eigenvalue weighted by atomic mass is 35.5. The normalized spacial score (nSPS) is 11.1. The summed E-state index contributed by atoms with van der Waals surface area (Å²) in [6.07, 6.45) is 0. The third kappa shape index (κ3) is 3.68. The van der Waals surface area contributed by atoms with Crippen LogP contribution in [0.2, 0.25) is 5.02 Å². The van der Waals surface area contributed by atoms with Gasteiger partial charge in [-0.2, -0.15) is 5.10 Å². The molecule has 0 spiro atoms. The lowest BCUT2D eigenvalue weighted by Crippen LogP contribution is -2.04. The van der Waals surface area contributed by atoms with Crippen molar-refractivity contribution in [2.24, 2.45) is 0 Å². The summed E-state index contributed by atoms with van der Waals surface area (Å²) in [6, 6.07) is 19.0. The molecule has 0 saturated carbocycles. The van der Waals surface area contributed by atoms with Gasteiger partial charge in [0.1, 0.15) is 5.03 Å². The number of carbonyl (C=O) groups excluding carboxylic acids is 1. The number of thioether (sulfide) groups is 1. The molecule has 0 saturated heterocycles. The minimum atomic E-state index is 0.0926. The Morgan fingerprint density at radius 2 is 1.79 bits per heavy atom. The molecule has 4 rings (SSSR count). The molecule has 28 heavy (non-hydrogen) atoms. The molecule has 0 N–H and O–H groups in total. The second kappa shape index (κ2) is 7.78. The number of nitrogens with zero attached hydrogens (tertiary/aromatic N) is 3. The minimum Gasteiger partial charge on any atom is -0.293 e. The number of benzene rings is 2. The monoisotopic (exact) mass is 407 g/mol. The molecule has 2 aromatic heterocycles. The zero-order valence-corrected chi connectivity index (χ0v) is 17.1. The fourth-order valence-corrected chi connectivity index (χ4v) is 4.19. The molecule has 0 bridgehead atoms. The number of carbonyl (C=O) groups is 1. The summed E-state index contributed by atoms with van der Waals surface area (Å²) in [4.78, 5) is 17.2. The Morgan fingerprint density at radius 1 is 1.07 bits per heavy atom. The number of rotatable bonds is 5. The van der Waals surface area contributed by atoms with Gasteiger partial charge in [-0.1, -0.05) is 65.8 Å². The lowest BCUT2D eigenvalue weighted by atomic mass is 10.1. The van der Waals surface area contributed by atoms with Gasteiger partial charge >= 0.3 is 0 Å². The van der Waals surface area contributed by atoms with Crippen molar-refractivity contribution in [3.05, 3.63) is 82.6 Å². The zero-order chi connectivity index (χ0) is 19.7. The highest BCUT2D eigenvalue weighted by Crippen LogP contribution is 2.31. The Bertz CT molecular complexity index is 1150. The number of aryl methyl sites for hydroxylation is 2. The smallest absolute Gasteiger partial charge is 0.173 e. The van der Waals surface area contributed by atoms with E-state index in [2.05, 4.69) is 0 Å². The number of Topliss-reactive ketones (excluding diaryl/α,β-unsaturated/α-hetero) is 1. The van der Waals surface area contributed by atoms with Gasteiger partial charge < -0.3 is 0 Å². The molecule has 4 nitrogen and oxygen atoms in total. The van der Waals surface area contributed by atoms with Crippen LogP contribution in [0.15, 0.2) is 65.7 Å². The van der Waals surface area contributed by atoms with Crippen LogP contribution in [0.5, 0.6) is 0 Å². The van der Waals surface area contributed by atoms with Crippen LogP contribution in [-0.4, -0.2) is 26.1 Å². The fourth-order valence-electron chi connectivity index (χ4n) is 3.12. The standard InChI is InChI=1S/C22H18ClN3OS/c1-14-12-20(28-13-19(27)16-6-4-3-5-7-16)26-22(24-14)21(15(2)25-26)17-8-10-18(23)11-9-17/h3-12H,13H2,1-2H3. The predicted molar refractivity (Wildman–Crippen MR) is 114 cm³/mol.